The number of benzene rings is 2. The van der Waals surface area contributed by atoms with E-state index in [2.05, 4.69) is 45.7 Å². The molecule has 2 rings (SSSR count). The Bertz CT molecular complexity index is 535. The molecule has 0 spiro atoms. The Morgan fingerprint density at radius 3 is 1.62 bits per heavy atom. The van der Waals surface area contributed by atoms with Gasteiger partial charge in [-0.05, 0) is 50.2 Å². The molecule has 0 N–H and O–H groups in total. The Hall–Kier alpha value is -1.00. The zero-order valence-electron chi connectivity index (χ0n) is 12.1. The minimum absolute atomic E-state index is 0.0847. The van der Waals surface area contributed by atoms with E-state index in [9.17, 15) is 0 Å². The van der Waals surface area contributed by atoms with E-state index in [1.807, 2.05) is 48.5 Å². The second-order valence-corrected chi connectivity index (χ2v) is 6.84. The lowest BCUT2D eigenvalue weighted by molar-refractivity contribution is 0.131. The van der Waals surface area contributed by atoms with Gasteiger partial charge in [-0.3, -0.25) is 0 Å². The van der Waals surface area contributed by atoms with Crippen molar-refractivity contribution in [3.05, 3.63) is 57.5 Å². The van der Waals surface area contributed by atoms with E-state index < -0.39 is 0 Å². The van der Waals surface area contributed by atoms with Crippen molar-refractivity contribution in [3.8, 4) is 11.5 Å². The largest absolute Gasteiger partial charge is 0.491 e. The van der Waals surface area contributed by atoms with Crippen LogP contribution in [0.5, 0.6) is 11.5 Å². The fraction of sp³-hybridized carbons (Fsp3) is 0.294. The molecule has 0 aliphatic carbocycles. The van der Waals surface area contributed by atoms with Gasteiger partial charge < -0.3 is 9.47 Å². The summed E-state index contributed by atoms with van der Waals surface area (Å²) in [5, 5.41) is 0. The third kappa shape index (κ3) is 5.71. The topological polar surface area (TPSA) is 18.5 Å². The number of halogens is 2. The highest BCUT2D eigenvalue weighted by Crippen LogP contribution is 2.22. The molecule has 0 saturated carbocycles. The van der Waals surface area contributed by atoms with Crippen LogP contribution in [0.25, 0.3) is 0 Å². The van der Waals surface area contributed by atoms with Gasteiger partial charge in [-0.15, -0.1) is 0 Å². The molecule has 0 aromatic heterocycles. The first kappa shape index (κ1) is 16.4. The fourth-order valence-corrected chi connectivity index (χ4v) is 2.87. The predicted molar refractivity (Wildman–Crippen MR) is 93.1 cm³/mol. The Balaban J connectivity index is 1.86. The third-order valence-electron chi connectivity index (χ3n) is 2.93. The maximum Gasteiger partial charge on any atom is 0.120 e. The molecule has 0 heterocycles. The molecule has 0 bridgehead atoms. The van der Waals surface area contributed by atoms with Crippen LogP contribution < -0.4 is 9.47 Å². The van der Waals surface area contributed by atoms with Crippen LogP contribution in [-0.2, 0) is 0 Å². The number of rotatable bonds is 6. The first-order chi connectivity index (χ1) is 10.0. The molecular formula is C17H18Br2O2. The van der Waals surface area contributed by atoms with Gasteiger partial charge in [0.25, 0.3) is 0 Å². The smallest absolute Gasteiger partial charge is 0.120 e. The minimum atomic E-state index is 0.0847. The van der Waals surface area contributed by atoms with E-state index in [1.54, 1.807) is 0 Å². The van der Waals surface area contributed by atoms with Crippen LogP contribution in [0.3, 0.4) is 0 Å². The van der Waals surface area contributed by atoms with Crippen molar-refractivity contribution in [1.29, 1.82) is 0 Å². The van der Waals surface area contributed by atoms with E-state index in [0.29, 0.717) is 0 Å². The molecule has 0 aliphatic rings. The van der Waals surface area contributed by atoms with E-state index in [1.165, 1.54) is 0 Å². The Morgan fingerprint density at radius 2 is 1.24 bits per heavy atom. The van der Waals surface area contributed by atoms with Crippen LogP contribution in [0.4, 0.5) is 0 Å². The number of hydrogen-bond acceptors (Lipinski definition) is 2. The molecule has 2 aromatic carbocycles. The zero-order chi connectivity index (χ0) is 15.2. The van der Waals surface area contributed by atoms with Gasteiger partial charge in [-0.25, -0.2) is 0 Å². The molecule has 2 aromatic rings. The van der Waals surface area contributed by atoms with Crippen molar-refractivity contribution in [2.45, 2.75) is 32.5 Å². The monoisotopic (exact) mass is 412 g/mol. The van der Waals surface area contributed by atoms with Gasteiger partial charge in [0.2, 0.25) is 0 Å². The molecule has 0 aliphatic heterocycles. The third-order valence-corrected chi connectivity index (χ3v) is 3.92. The van der Waals surface area contributed by atoms with Crippen molar-refractivity contribution in [1.82, 2.24) is 0 Å². The Kier molecular flexibility index (Phi) is 6.12. The average molecular weight is 414 g/mol. The normalized spacial score (nSPS) is 13.5. The molecule has 0 amide bonds. The van der Waals surface area contributed by atoms with Crippen LogP contribution >= 0.6 is 31.9 Å². The van der Waals surface area contributed by atoms with E-state index >= 15 is 0 Å². The quantitative estimate of drug-likeness (QED) is 0.592. The van der Waals surface area contributed by atoms with Gasteiger partial charge in [-0.1, -0.05) is 44.0 Å². The lowest BCUT2D eigenvalue weighted by Gasteiger charge is -2.20. The number of ether oxygens (including phenoxy) is 2. The van der Waals surface area contributed by atoms with Crippen LogP contribution in [0.2, 0.25) is 0 Å². The zero-order valence-corrected chi connectivity index (χ0v) is 15.2. The summed E-state index contributed by atoms with van der Waals surface area (Å²) in [6.07, 6.45) is 0.988. The van der Waals surface area contributed by atoms with Crippen molar-refractivity contribution >= 4 is 31.9 Å². The standard InChI is InChI=1S/C17H18Br2O2/c1-12(20-16-7-3-5-14(18)10-16)9-13(2)21-17-8-4-6-15(19)11-17/h3-8,10-13H,9H2,1-2H3/t12-,13-/m1/s1. The lowest BCUT2D eigenvalue weighted by Crippen LogP contribution is -2.22. The van der Waals surface area contributed by atoms with Crippen molar-refractivity contribution in [2.75, 3.05) is 0 Å². The summed E-state index contributed by atoms with van der Waals surface area (Å²) in [6.45, 7) is 4.11. The van der Waals surface area contributed by atoms with Gasteiger partial charge in [0.05, 0.1) is 12.2 Å². The molecule has 0 unspecified atom stereocenters. The van der Waals surface area contributed by atoms with Crippen LogP contribution in [0.15, 0.2) is 57.5 Å². The summed E-state index contributed by atoms with van der Waals surface area (Å²) in [4.78, 5) is 0. The maximum absolute atomic E-state index is 5.91. The van der Waals surface area contributed by atoms with Crippen molar-refractivity contribution in [3.63, 3.8) is 0 Å². The minimum Gasteiger partial charge on any atom is -0.491 e. The molecule has 2 nitrogen and oxygen atoms in total. The van der Waals surface area contributed by atoms with E-state index in [-0.39, 0.29) is 12.2 Å². The summed E-state index contributed by atoms with van der Waals surface area (Å²) in [5.74, 6) is 1.73. The lowest BCUT2D eigenvalue weighted by atomic mass is 10.2. The van der Waals surface area contributed by atoms with Gasteiger partial charge in [0.1, 0.15) is 11.5 Å². The predicted octanol–water partition coefficient (Wildman–Crippen LogP) is 5.84. The molecular weight excluding hydrogens is 396 g/mol. The summed E-state index contributed by atoms with van der Waals surface area (Å²) in [5.41, 5.74) is 0. The second kappa shape index (κ2) is 7.85. The molecule has 0 radical (unpaired) electrons. The van der Waals surface area contributed by atoms with Crippen LogP contribution in [0.1, 0.15) is 20.3 Å². The second-order valence-electron chi connectivity index (χ2n) is 5.01. The Labute approximate surface area is 142 Å². The highest BCUT2D eigenvalue weighted by atomic mass is 79.9. The van der Waals surface area contributed by atoms with Crippen LogP contribution in [-0.4, -0.2) is 12.2 Å². The van der Waals surface area contributed by atoms with E-state index in [4.69, 9.17) is 9.47 Å². The highest BCUT2D eigenvalue weighted by molar-refractivity contribution is 9.10. The van der Waals surface area contributed by atoms with Crippen molar-refractivity contribution in [2.24, 2.45) is 0 Å². The molecule has 4 heteroatoms. The maximum atomic E-state index is 5.91. The molecule has 21 heavy (non-hydrogen) atoms. The van der Waals surface area contributed by atoms with Crippen LogP contribution in [0, 0.1) is 0 Å². The summed E-state index contributed by atoms with van der Waals surface area (Å²) in [7, 11) is 0. The first-order valence-corrected chi connectivity index (χ1v) is 8.46. The van der Waals surface area contributed by atoms with Gasteiger partial charge in [0.15, 0.2) is 0 Å². The Morgan fingerprint density at radius 1 is 0.810 bits per heavy atom. The molecule has 112 valence electrons. The van der Waals surface area contributed by atoms with Gasteiger partial charge in [-0.2, -0.15) is 0 Å². The fourth-order valence-electron chi connectivity index (χ4n) is 2.11. The average Bonchev–Trinajstić information content (AvgIpc) is 2.38. The molecule has 0 fully saturated rings. The molecule has 0 saturated heterocycles. The van der Waals surface area contributed by atoms with Gasteiger partial charge >= 0.3 is 0 Å². The first-order valence-electron chi connectivity index (χ1n) is 6.87. The van der Waals surface area contributed by atoms with Crippen molar-refractivity contribution < 1.29 is 9.47 Å². The van der Waals surface area contributed by atoms with Gasteiger partial charge in [0, 0.05) is 15.4 Å². The SMILES string of the molecule is C[C@H](C[C@@H](C)Oc1cccc(Br)c1)Oc1cccc(Br)c1. The highest BCUT2D eigenvalue weighted by Gasteiger charge is 2.12. The summed E-state index contributed by atoms with van der Waals surface area (Å²) < 4.78 is 13.9. The molecule has 2 atom stereocenters. The number of hydrogen-bond donors (Lipinski definition) is 0. The summed E-state index contributed by atoms with van der Waals surface area (Å²) >= 11 is 6.89. The van der Waals surface area contributed by atoms with E-state index in [0.717, 1.165) is 26.9 Å². The summed E-state index contributed by atoms with van der Waals surface area (Å²) in [6, 6.07) is 15.8.